The topological polar surface area (TPSA) is 62.0 Å². The first-order valence-electron chi connectivity index (χ1n) is 7.15. The van der Waals surface area contributed by atoms with E-state index >= 15 is 0 Å². The van der Waals surface area contributed by atoms with Gasteiger partial charge in [-0.25, -0.2) is 0 Å². The highest BCUT2D eigenvalue weighted by Gasteiger charge is 2.21. The van der Waals surface area contributed by atoms with Gasteiger partial charge < -0.3 is 10.3 Å². The molecule has 0 radical (unpaired) electrons. The fraction of sp³-hybridized carbons (Fsp3) is 0.294. The maximum absolute atomic E-state index is 12.6. The molecule has 0 bridgehead atoms. The summed E-state index contributed by atoms with van der Waals surface area (Å²) in [6.45, 7) is 7.21. The molecule has 1 amide bonds. The van der Waals surface area contributed by atoms with Crippen LogP contribution in [-0.4, -0.2) is 16.7 Å². The van der Waals surface area contributed by atoms with Gasteiger partial charge in [0.1, 0.15) is 5.69 Å². The number of carbonyl (C=O) groups excluding carboxylic acids is 2. The van der Waals surface area contributed by atoms with Crippen LogP contribution in [-0.2, 0) is 6.42 Å². The van der Waals surface area contributed by atoms with E-state index in [-0.39, 0.29) is 11.7 Å². The molecule has 0 saturated carbocycles. The molecule has 2 rings (SSSR count). The van der Waals surface area contributed by atoms with Crippen molar-refractivity contribution in [2.45, 2.75) is 34.1 Å². The summed E-state index contributed by atoms with van der Waals surface area (Å²) >= 11 is 3.40. The van der Waals surface area contributed by atoms with Crippen molar-refractivity contribution in [1.82, 2.24) is 4.98 Å². The minimum absolute atomic E-state index is 0.0247. The van der Waals surface area contributed by atoms with E-state index in [4.69, 9.17) is 0 Å². The Morgan fingerprint density at radius 2 is 1.95 bits per heavy atom. The normalized spacial score (nSPS) is 10.6. The highest BCUT2D eigenvalue weighted by atomic mass is 79.9. The van der Waals surface area contributed by atoms with Crippen molar-refractivity contribution in [3.63, 3.8) is 0 Å². The number of aromatic nitrogens is 1. The summed E-state index contributed by atoms with van der Waals surface area (Å²) in [5, 5.41) is 2.91. The van der Waals surface area contributed by atoms with Gasteiger partial charge in [0.15, 0.2) is 5.78 Å². The van der Waals surface area contributed by atoms with Crippen LogP contribution in [0.25, 0.3) is 0 Å². The Morgan fingerprint density at radius 3 is 2.55 bits per heavy atom. The van der Waals surface area contributed by atoms with Crippen LogP contribution in [0, 0.1) is 13.8 Å². The number of anilines is 1. The maximum Gasteiger partial charge on any atom is 0.272 e. The second-order valence-corrected chi connectivity index (χ2v) is 6.22. The number of hydrogen-bond donors (Lipinski definition) is 2. The van der Waals surface area contributed by atoms with E-state index in [1.54, 1.807) is 0 Å². The van der Waals surface area contributed by atoms with Crippen LogP contribution in [0.3, 0.4) is 0 Å². The Morgan fingerprint density at radius 1 is 1.27 bits per heavy atom. The molecule has 1 aromatic carbocycles. The molecule has 2 N–H and O–H groups in total. The molecule has 0 fully saturated rings. The predicted octanol–water partition coefficient (Wildman–Crippen LogP) is 4.41. The lowest BCUT2D eigenvalue weighted by Crippen LogP contribution is -2.15. The standard InChI is InChI=1S/C17H19BrN2O2/c1-5-13-15(11(4)21)10(3)19-16(13)17(22)20-14-8-12(18)7-6-9(14)2/h6-8,19H,5H2,1-4H3,(H,20,22). The number of Topliss-reactive ketones (excluding diaryl/α,β-unsaturated/α-hetero) is 1. The van der Waals surface area contributed by atoms with Crippen LogP contribution in [0.5, 0.6) is 0 Å². The van der Waals surface area contributed by atoms with Gasteiger partial charge in [-0.15, -0.1) is 0 Å². The molecular formula is C17H19BrN2O2. The highest BCUT2D eigenvalue weighted by molar-refractivity contribution is 9.10. The van der Waals surface area contributed by atoms with Gasteiger partial charge in [-0.05, 0) is 50.5 Å². The second kappa shape index (κ2) is 6.48. The largest absolute Gasteiger partial charge is 0.354 e. The zero-order valence-corrected chi connectivity index (χ0v) is 14.7. The van der Waals surface area contributed by atoms with E-state index in [1.165, 1.54) is 6.92 Å². The van der Waals surface area contributed by atoms with Crippen LogP contribution in [0.2, 0.25) is 0 Å². The lowest BCUT2D eigenvalue weighted by Gasteiger charge is -2.09. The molecule has 0 atom stereocenters. The quantitative estimate of drug-likeness (QED) is 0.791. The third kappa shape index (κ3) is 3.14. The van der Waals surface area contributed by atoms with Crippen molar-refractivity contribution < 1.29 is 9.59 Å². The number of carbonyl (C=O) groups is 2. The first-order valence-corrected chi connectivity index (χ1v) is 7.94. The molecule has 116 valence electrons. The van der Waals surface area contributed by atoms with Crippen LogP contribution in [0.15, 0.2) is 22.7 Å². The minimum atomic E-state index is -0.228. The van der Waals surface area contributed by atoms with Gasteiger partial charge in [0.2, 0.25) is 0 Å². The Hall–Kier alpha value is -1.88. The van der Waals surface area contributed by atoms with Gasteiger partial charge in [-0.3, -0.25) is 9.59 Å². The highest BCUT2D eigenvalue weighted by Crippen LogP contribution is 2.24. The average molecular weight is 363 g/mol. The van der Waals surface area contributed by atoms with Gasteiger partial charge in [0.05, 0.1) is 0 Å². The summed E-state index contributed by atoms with van der Waals surface area (Å²) in [5.74, 6) is -0.253. The van der Waals surface area contributed by atoms with E-state index in [1.807, 2.05) is 39.0 Å². The number of benzene rings is 1. The van der Waals surface area contributed by atoms with E-state index in [9.17, 15) is 9.59 Å². The monoisotopic (exact) mass is 362 g/mol. The van der Waals surface area contributed by atoms with Crippen molar-refractivity contribution in [3.8, 4) is 0 Å². The Labute approximate surface area is 138 Å². The van der Waals surface area contributed by atoms with Crippen LogP contribution >= 0.6 is 15.9 Å². The fourth-order valence-electron chi connectivity index (χ4n) is 2.61. The number of ketones is 1. The molecule has 4 nitrogen and oxygen atoms in total. The maximum atomic E-state index is 12.6. The average Bonchev–Trinajstić information content (AvgIpc) is 2.79. The number of aromatic amines is 1. The van der Waals surface area contributed by atoms with Crippen LogP contribution in [0.1, 0.15) is 51.5 Å². The third-order valence-electron chi connectivity index (χ3n) is 3.67. The molecule has 0 aliphatic carbocycles. The lowest BCUT2D eigenvalue weighted by atomic mass is 10.0. The molecule has 2 aromatic rings. The number of amides is 1. The number of nitrogens with one attached hydrogen (secondary N) is 2. The van der Waals surface area contributed by atoms with Crippen LogP contribution < -0.4 is 5.32 Å². The molecule has 0 unspecified atom stereocenters. The summed E-state index contributed by atoms with van der Waals surface area (Å²) in [6, 6.07) is 5.72. The summed E-state index contributed by atoms with van der Waals surface area (Å²) in [7, 11) is 0. The van der Waals surface area contributed by atoms with Crippen molar-refractivity contribution in [2.24, 2.45) is 0 Å². The summed E-state index contributed by atoms with van der Waals surface area (Å²) < 4.78 is 0.899. The minimum Gasteiger partial charge on any atom is -0.354 e. The van der Waals surface area contributed by atoms with Crippen molar-refractivity contribution in [1.29, 1.82) is 0 Å². The van der Waals surface area contributed by atoms with Crippen molar-refractivity contribution in [3.05, 3.63) is 50.8 Å². The summed E-state index contributed by atoms with van der Waals surface area (Å²) in [6.07, 6.45) is 0.624. The Bertz CT molecular complexity index is 747. The third-order valence-corrected chi connectivity index (χ3v) is 4.16. The smallest absolute Gasteiger partial charge is 0.272 e. The molecule has 5 heteroatoms. The number of H-pyrrole nitrogens is 1. The van der Waals surface area contributed by atoms with Gasteiger partial charge in [0.25, 0.3) is 5.91 Å². The zero-order valence-electron chi connectivity index (χ0n) is 13.1. The van der Waals surface area contributed by atoms with Gasteiger partial charge in [-0.1, -0.05) is 28.9 Å². The van der Waals surface area contributed by atoms with Crippen molar-refractivity contribution >= 4 is 33.3 Å². The van der Waals surface area contributed by atoms with E-state index in [0.29, 0.717) is 17.7 Å². The first-order chi connectivity index (χ1) is 10.3. The number of halogens is 1. The van der Waals surface area contributed by atoms with E-state index in [2.05, 4.69) is 26.2 Å². The van der Waals surface area contributed by atoms with Gasteiger partial charge >= 0.3 is 0 Å². The van der Waals surface area contributed by atoms with Gasteiger partial charge in [0, 0.05) is 21.4 Å². The van der Waals surface area contributed by atoms with Crippen LogP contribution in [0.4, 0.5) is 5.69 Å². The predicted molar refractivity (Wildman–Crippen MR) is 91.7 cm³/mol. The van der Waals surface area contributed by atoms with Gasteiger partial charge in [-0.2, -0.15) is 0 Å². The molecular weight excluding hydrogens is 344 g/mol. The zero-order chi connectivity index (χ0) is 16.4. The number of aryl methyl sites for hydroxylation is 2. The molecule has 22 heavy (non-hydrogen) atoms. The van der Waals surface area contributed by atoms with E-state index < -0.39 is 0 Å². The first kappa shape index (κ1) is 16.5. The van der Waals surface area contributed by atoms with Crippen molar-refractivity contribution in [2.75, 3.05) is 5.32 Å². The SMILES string of the molecule is CCc1c(C(=O)Nc2cc(Br)ccc2C)[nH]c(C)c1C(C)=O. The summed E-state index contributed by atoms with van der Waals surface area (Å²) in [4.78, 5) is 27.4. The molecule has 0 saturated heterocycles. The lowest BCUT2D eigenvalue weighted by molar-refractivity contribution is 0.101. The Balaban J connectivity index is 2.40. The van der Waals surface area contributed by atoms with E-state index in [0.717, 1.165) is 27.0 Å². The molecule has 0 aliphatic heterocycles. The molecule has 1 heterocycles. The molecule has 1 aromatic heterocycles. The molecule has 0 spiro atoms. The summed E-state index contributed by atoms with van der Waals surface area (Å²) in [5.41, 5.74) is 4.32. The fourth-order valence-corrected chi connectivity index (χ4v) is 2.98. The Kier molecular flexibility index (Phi) is 4.86. The number of rotatable bonds is 4. The number of hydrogen-bond acceptors (Lipinski definition) is 2. The molecule has 0 aliphatic rings. The second-order valence-electron chi connectivity index (χ2n) is 5.30.